The van der Waals surface area contributed by atoms with Crippen molar-refractivity contribution in [3.8, 4) is 0 Å². The molecule has 96 valence electrons. The number of hydrogen-bond acceptors (Lipinski definition) is 3. The molecule has 1 unspecified atom stereocenters. The minimum atomic E-state index is -0.709. The highest BCUT2D eigenvalue weighted by molar-refractivity contribution is 7.10. The molecular weight excluding hydrogens is 278 g/mol. The second-order valence-corrected chi connectivity index (χ2v) is 5.71. The van der Waals surface area contributed by atoms with Crippen molar-refractivity contribution in [1.29, 1.82) is 0 Å². The lowest BCUT2D eigenvalue weighted by Crippen LogP contribution is -1.99. The van der Waals surface area contributed by atoms with Crippen LogP contribution in [0, 0.1) is 6.92 Å². The summed E-state index contributed by atoms with van der Waals surface area (Å²) in [5.74, 6) is 0. The van der Waals surface area contributed by atoms with Gasteiger partial charge in [-0.3, -0.25) is 4.98 Å². The Kier molecular flexibility index (Phi) is 3.27. The first-order valence-corrected chi connectivity index (χ1v) is 7.19. The molecular formula is C15H12ClNOS. The van der Waals surface area contributed by atoms with Gasteiger partial charge in [0.1, 0.15) is 6.10 Å². The third-order valence-electron chi connectivity index (χ3n) is 3.15. The molecule has 0 fully saturated rings. The zero-order valence-corrected chi connectivity index (χ0v) is 11.9. The van der Waals surface area contributed by atoms with Crippen LogP contribution in [0.5, 0.6) is 0 Å². The van der Waals surface area contributed by atoms with Crippen LogP contribution in [0.25, 0.3) is 10.9 Å². The van der Waals surface area contributed by atoms with Gasteiger partial charge in [-0.2, -0.15) is 0 Å². The molecule has 2 heterocycles. The quantitative estimate of drug-likeness (QED) is 0.761. The van der Waals surface area contributed by atoms with Gasteiger partial charge in [0, 0.05) is 11.6 Å². The van der Waals surface area contributed by atoms with Crippen LogP contribution in [0.15, 0.2) is 41.9 Å². The Labute approximate surface area is 120 Å². The molecule has 19 heavy (non-hydrogen) atoms. The first-order valence-electron chi connectivity index (χ1n) is 5.93. The number of aromatic nitrogens is 1. The van der Waals surface area contributed by atoms with E-state index in [1.165, 1.54) is 11.3 Å². The van der Waals surface area contributed by atoms with Crippen LogP contribution in [-0.2, 0) is 0 Å². The molecule has 0 aliphatic heterocycles. The molecule has 1 aromatic carbocycles. The van der Waals surface area contributed by atoms with E-state index in [1.807, 2.05) is 42.6 Å². The molecule has 0 spiro atoms. The van der Waals surface area contributed by atoms with Crippen molar-refractivity contribution in [3.63, 3.8) is 0 Å². The van der Waals surface area contributed by atoms with Gasteiger partial charge in [-0.25, -0.2) is 0 Å². The van der Waals surface area contributed by atoms with Crippen LogP contribution in [0.4, 0.5) is 0 Å². The van der Waals surface area contributed by atoms with Gasteiger partial charge in [0.2, 0.25) is 0 Å². The number of benzene rings is 1. The first-order chi connectivity index (χ1) is 9.18. The van der Waals surface area contributed by atoms with E-state index in [9.17, 15) is 5.11 Å². The van der Waals surface area contributed by atoms with Crippen LogP contribution < -0.4 is 0 Å². The van der Waals surface area contributed by atoms with Gasteiger partial charge in [0.15, 0.2) is 0 Å². The second-order valence-electron chi connectivity index (χ2n) is 4.42. The van der Waals surface area contributed by atoms with E-state index in [0.29, 0.717) is 5.02 Å². The second kappa shape index (κ2) is 4.93. The Balaban J connectivity index is 2.17. The van der Waals surface area contributed by atoms with Gasteiger partial charge in [-0.05, 0) is 35.6 Å². The van der Waals surface area contributed by atoms with Crippen molar-refractivity contribution in [2.75, 3.05) is 0 Å². The van der Waals surface area contributed by atoms with E-state index in [-0.39, 0.29) is 0 Å². The molecule has 4 heteroatoms. The maximum absolute atomic E-state index is 10.6. The van der Waals surface area contributed by atoms with Crippen molar-refractivity contribution in [2.24, 2.45) is 0 Å². The normalized spacial score (nSPS) is 12.8. The van der Waals surface area contributed by atoms with E-state index in [0.717, 1.165) is 26.9 Å². The van der Waals surface area contributed by atoms with Crippen LogP contribution in [0.1, 0.15) is 22.1 Å². The molecule has 0 saturated heterocycles. The Morgan fingerprint density at radius 2 is 2.11 bits per heavy atom. The Morgan fingerprint density at radius 3 is 2.84 bits per heavy atom. The van der Waals surface area contributed by atoms with E-state index in [2.05, 4.69) is 4.98 Å². The number of aliphatic hydroxyl groups excluding tert-OH is 1. The Bertz CT molecular complexity index is 733. The van der Waals surface area contributed by atoms with Gasteiger partial charge in [-0.15, -0.1) is 11.3 Å². The molecule has 0 amide bonds. The number of halogens is 1. The Morgan fingerprint density at radius 1 is 1.26 bits per heavy atom. The molecule has 0 aliphatic rings. The number of pyridine rings is 1. The zero-order chi connectivity index (χ0) is 13.4. The van der Waals surface area contributed by atoms with Crippen LogP contribution >= 0.6 is 22.9 Å². The number of aryl methyl sites for hydroxylation is 1. The predicted octanol–water partition coefficient (Wildman–Crippen LogP) is 4.34. The average Bonchev–Trinajstić information content (AvgIpc) is 2.78. The number of aliphatic hydroxyl groups is 1. The average molecular weight is 290 g/mol. The largest absolute Gasteiger partial charge is 0.383 e. The van der Waals surface area contributed by atoms with E-state index in [4.69, 9.17) is 11.6 Å². The monoisotopic (exact) mass is 289 g/mol. The third kappa shape index (κ3) is 2.14. The highest BCUT2D eigenvalue weighted by Gasteiger charge is 2.19. The lowest BCUT2D eigenvalue weighted by atomic mass is 10.0. The summed E-state index contributed by atoms with van der Waals surface area (Å²) in [4.78, 5) is 5.09. The molecule has 0 bridgehead atoms. The van der Waals surface area contributed by atoms with Crippen LogP contribution in [0.2, 0.25) is 5.02 Å². The van der Waals surface area contributed by atoms with Gasteiger partial charge < -0.3 is 5.11 Å². The third-order valence-corrected chi connectivity index (χ3v) is 4.91. The molecule has 1 atom stereocenters. The van der Waals surface area contributed by atoms with Crippen molar-refractivity contribution < 1.29 is 5.11 Å². The maximum atomic E-state index is 10.6. The first kappa shape index (κ1) is 12.6. The van der Waals surface area contributed by atoms with E-state index in [1.54, 1.807) is 6.20 Å². The summed E-state index contributed by atoms with van der Waals surface area (Å²) in [6, 6.07) is 9.60. The molecule has 0 aliphatic carbocycles. The minimum absolute atomic E-state index is 0.651. The maximum Gasteiger partial charge on any atom is 0.115 e. The van der Waals surface area contributed by atoms with Gasteiger partial charge >= 0.3 is 0 Å². The molecule has 2 nitrogen and oxygen atoms in total. The lowest BCUT2D eigenvalue weighted by Gasteiger charge is -2.12. The molecule has 0 saturated carbocycles. The zero-order valence-electron chi connectivity index (χ0n) is 10.3. The summed E-state index contributed by atoms with van der Waals surface area (Å²) in [7, 11) is 0. The summed E-state index contributed by atoms with van der Waals surface area (Å²) in [5.41, 5.74) is 2.72. The summed E-state index contributed by atoms with van der Waals surface area (Å²) >= 11 is 7.72. The van der Waals surface area contributed by atoms with Crippen molar-refractivity contribution >= 4 is 33.8 Å². The van der Waals surface area contributed by atoms with Gasteiger partial charge in [0.25, 0.3) is 0 Å². The Hall–Kier alpha value is -1.42. The van der Waals surface area contributed by atoms with Gasteiger partial charge in [0.05, 0.1) is 15.4 Å². The molecule has 3 aromatic rings. The SMILES string of the molecule is Cc1csc(C(O)c2cccc3ncccc23)c1Cl. The topological polar surface area (TPSA) is 33.1 Å². The van der Waals surface area contributed by atoms with E-state index < -0.39 is 6.10 Å². The number of thiophene rings is 1. The summed E-state index contributed by atoms with van der Waals surface area (Å²) in [5, 5.41) is 14.2. The van der Waals surface area contributed by atoms with Gasteiger partial charge in [-0.1, -0.05) is 29.8 Å². The fourth-order valence-electron chi connectivity index (χ4n) is 2.14. The highest BCUT2D eigenvalue weighted by atomic mass is 35.5. The summed E-state index contributed by atoms with van der Waals surface area (Å²) in [6.07, 6.45) is 1.04. The van der Waals surface area contributed by atoms with Crippen molar-refractivity contribution in [2.45, 2.75) is 13.0 Å². The summed E-state index contributed by atoms with van der Waals surface area (Å²) < 4.78 is 0. The molecule has 1 N–H and O–H groups in total. The molecule has 0 radical (unpaired) electrons. The number of fused-ring (bicyclic) bond motifs is 1. The number of rotatable bonds is 2. The number of nitrogens with zero attached hydrogens (tertiary/aromatic N) is 1. The number of hydrogen-bond donors (Lipinski definition) is 1. The summed E-state index contributed by atoms with van der Waals surface area (Å²) in [6.45, 7) is 1.94. The van der Waals surface area contributed by atoms with Crippen molar-refractivity contribution in [1.82, 2.24) is 4.98 Å². The minimum Gasteiger partial charge on any atom is -0.383 e. The fourth-order valence-corrected chi connectivity index (χ4v) is 3.44. The highest BCUT2D eigenvalue weighted by Crippen LogP contribution is 2.37. The van der Waals surface area contributed by atoms with E-state index >= 15 is 0 Å². The smallest absolute Gasteiger partial charge is 0.115 e. The molecule has 3 rings (SSSR count). The van der Waals surface area contributed by atoms with Crippen molar-refractivity contribution in [3.05, 3.63) is 62.9 Å². The fraction of sp³-hybridized carbons (Fsp3) is 0.133. The van der Waals surface area contributed by atoms with Crippen LogP contribution in [0.3, 0.4) is 0 Å². The predicted molar refractivity (Wildman–Crippen MR) is 79.9 cm³/mol. The lowest BCUT2D eigenvalue weighted by molar-refractivity contribution is 0.226. The molecule has 2 aromatic heterocycles. The van der Waals surface area contributed by atoms with Crippen LogP contribution in [-0.4, -0.2) is 10.1 Å². The standard InChI is InChI=1S/C15H12ClNOS/c1-9-8-19-15(13(9)16)14(18)11-4-2-6-12-10(11)5-3-7-17-12/h2-8,14,18H,1H3.